The lowest BCUT2D eigenvalue weighted by Crippen LogP contribution is -2.17. The van der Waals surface area contributed by atoms with Crippen LogP contribution in [0.1, 0.15) is 18.9 Å². The van der Waals surface area contributed by atoms with Gasteiger partial charge in [0, 0.05) is 12.1 Å². The molecule has 0 aliphatic rings. The minimum atomic E-state index is -0.463. The Hall–Kier alpha value is -1.62. The number of nitrogens with two attached hydrogens (primary N) is 1. The van der Waals surface area contributed by atoms with Gasteiger partial charge in [-0.2, -0.15) is 0 Å². The van der Waals surface area contributed by atoms with E-state index in [1.807, 2.05) is 6.92 Å². The third-order valence-corrected chi connectivity index (χ3v) is 2.21. The number of hydrogen-bond donors (Lipinski definition) is 2. The van der Waals surface area contributed by atoms with Gasteiger partial charge in [0.25, 0.3) is 0 Å². The van der Waals surface area contributed by atoms with E-state index < -0.39 is 11.7 Å². The van der Waals surface area contributed by atoms with Gasteiger partial charge in [0.2, 0.25) is 5.91 Å². The zero-order chi connectivity index (χ0) is 12.7. The molecule has 1 amide bonds. The molecule has 94 valence electrons. The quantitative estimate of drug-likeness (QED) is 0.752. The van der Waals surface area contributed by atoms with E-state index in [0.717, 1.165) is 12.1 Å². The number of benzene rings is 1. The van der Waals surface area contributed by atoms with Crippen molar-refractivity contribution < 1.29 is 13.9 Å². The largest absolute Gasteiger partial charge is 0.490 e. The van der Waals surface area contributed by atoms with Crippen LogP contribution in [0.4, 0.5) is 4.39 Å². The molecular weight excluding hydrogens is 223 g/mol. The van der Waals surface area contributed by atoms with E-state index in [1.165, 1.54) is 6.07 Å². The molecule has 0 saturated carbocycles. The fraction of sp³-hybridized carbons (Fsp3) is 0.417. The molecule has 0 saturated heterocycles. The first-order valence-electron chi connectivity index (χ1n) is 5.54. The van der Waals surface area contributed by atoms with Crippen molar-refractivity contribution in [2.75, 3.05) is 13.2 Å². The van der Waals surface area contributed by atoms with Crippen molar-refractivity contribution in [1.29, 1.82) is 0 Å². The molecule has 1 rings (SSSR count). The molecule has 0 spiro atoms. The number of ether oxygens (including phenoxy) is 1. The third kappa shape index (κ3) is 4.40. The van der Waals surface area contributed by atoms with Gasteiger partial charge in [-0.15, -0.1) is 0 Å². The lowest BCUT2D eigenvalue weighted by Gasteiger charge is -2.12. The molecule has 0 aliphatic carbocycles. The third-order valence-electron chi connectivity index (χ3n) is 2.21. The number of carbonyl (C=O) groups is 1. The number of para-hydroxylation sites is 1. The summed E-state index contributed by atoms with van der Waals surface area (Å²) in [5.41, 5.74) is 5.72. The minimum Gasteiger partial charge on any atom is -0.490 e. The standard InChI is InChI=1S/C12H17FN2O2/c1-2-15-8-9-4-3-5-10(13)12(9)17-7-6-11(14)16/h3-5,15H,2,6-8H2,1H3,(H2,14,16). The molecule has 1 aromatic rings. The Balaban J connectivity index is 2.69. The van der Waals surface area contributed by atoms with Crippen LogP contribution in [0.15, 0.2) is 18.2 Å². The number of carbonyl (C=O) groups excluding carboxylic acids is 1. The van der Waals surface area contributed by atoms with Crippen LogP contribution in [0.2, 0.25) is 0 Å². The Morgan fingerprint density at radius 2 is 2.29 bits per heavy atom. The molecule has 1 aromatic carbocycles. The molecule has 0 unspecified atom stereocenters. The molecule has 0 radical (unpaired) electrons. The summed E-state index contributed by atoms with van der Waals surface area (Å²) in [5, 5.41) is 3.09. The number of hydrogen-bond acceptors (Lipinski definition) is 3. The maximum absolute atomic E-state index is 13.5. The van der Waals surface area contributed by atoms with Crippen molar-refractivity contribution in [3.63, 3.8) is 0 Å². The van der Waals surface area contributed by atoms with Crippen LogP contribution in [0, 0.1) is 5.82 Å². The Morgan fingerprint density at radius 3 is 2.94 bits per heavy atom. The lowest BCUT2D eigenvalue weighted by atomic mass is 10.2. The van der Waals surface area contributed by atoms with Crippen LogP contribution in [0.5, 0.6) is 5.75 Å². The van der Waals surface area contributed by atoms with Gasteiger partial charge in [-0.3, -0.25) is 4.79 Å². The van der Waals surface area contributed by atoms with E-state index >= 15 is 0 Å². The zero-order valence-electron chi connectivity index (χ0n) is 9.83. The Morgan fingerprint density at radius 1 is 1.53 bits per heavy atom. The maximum atomic E-state index is 13.5. The van der Waals surface area contributed by atoms with Gasteiger partial charge in [0.05, 0.1) is 13.0 Å². The van der Waals surface area contributed by atoms with Crippen LogP contribution < -0.4 is 15.8 Å². The molecule has 0 heterocycles. The summed E-state index contributed by atoms with van der Waals surface area (Å²) in [6, 6.07) is 4.74. The topological polar surface area (TPSA) is 64.3 Å². The monoisotopic (exact) mass is 240 g/mol. The highest BCUT2D eigenvalue weighted by Gasteiger charge is 2.09. The molecule has 0 atom stereocenters. The predicted molar refractivity (Wildman–Crippen MR) is 63.1 cm³/mol. The molecule has 0 fully saturated rings. The second-order valence-corrected chi connectivity index (χ2v) is 3.57. The SMILES string of the molecule is CCNCc1cccc(F)c1OCCC(N)=O. The van der Waals surface area contributed by atoms with E-state index in [9.17, 15) is 9.18 Å². The summed E-state index contributed by atoms with van der Waals surface area (Å²) in [6.45, 7) is 3.37. The van der Waals surface area contributed by atoms with E-state index in [2.05, 4.69) is 5.32 Å². The summed E-state index contributed by atoms with van der Waals surface area (Å²) < 4.78 is 18.8. The number of nitrogens with one attached hydrogen (secondary N) is 1. The van der Waals surface area contributed by atoms with Crippen molar-refractivity contribution in [2.45, 2.75) is 19.9 Å². The highest BCUT2D eigenvalue weighted by Crippen LogP contribution is 2.22. The average Bonchev–Trinajstić information content (AvgIpc) is 2.29. The molecule has 17 heavy (non-hydrogen) atoms. The maximum Gasteiger partial charge on any atom is 0.220 e. The second-order valence-electron chi connectivity index (χ2n) is 3.57. The van der Waals surface area contributed by atoms with Crippen LogP contribution in [-0.2, 0) is 11.3 Å². The summed E-state index contributed by atoms with van der Waals surface area (Å²) >= 11 is 0. The van der Waals surface area contributed by atoms with Gasteiger partial charge >= 0.3 is 0 Å². The summed E-state index contributed by atoms with van der Waals surface area (Å²) in [5.74, 6) is -0.700. The van der Waals surface area contributed by atoms with Crippen LogP contribution >= 0.6 is 0 Å². The predicted octanol–water partition coefficient (Wildman–Crippen LogP) is 1.19. The number of primary amides is 1. The summed E-state index contributed by atoms with van der Waals surface area (Å²) in [4.78, 5) is 10.6. The van der Waals surface area contributed by atoms with E-state index in [1.54, 1.807) is 12.1 Å². The van der Waals surface area contributed by atoms with Gasteiger partial charge in [-0.1, -0.05) is 19.1 Å². The summed E-state index contributed by atoms with van der Waals surface area (Å²) in [7, 11) is 0. The van der Waals surface area contributed by atoms with Crippen LogP contribution in [0.3, 0.4) is 0 Å². The molecule has 0 aliphatic heterocycles. The zero-order valence-corrected chi connectivity index (χ0v) is 9.83. The van der Waals surface area contributed by atoms with Crippen molar-refractivity contribution >= 4 is 5.91 Å². The second kappa shape index (κ2) is 6.85. The van der Waals surface area contributed by atoms with E-state index in [4.69, 9.17) is 10.5 Å². The Bertz CT molecular complexity index is 383. The van der Waals surface area contributed by atoms with Crippen molar-refractivity contribution in [1.82, 2.24) is 5.32 Å². The van der Waals surface area contributed by atoms with Gasteiger partial charge in [0.1, 0.15) is 0 Å². The molecule has 0 bridgehead atoms. The lowest BCUT2D eigenvalue weighted by molar-refractivity contribution is -0.118. The van der Waals surface area contributed by atoms with Crippen LogP contribution in [-0.4, -0.2) is 19.1 Å². The normalized spacial score (nSPS) is 10.2. The first kappa shape index (κ1) is 13.4. The van der Waals surface area contributed by atoms with Gasteiger partial charge in [-0.25, -0.2) is 4.39 Å². The van der Waals surface area contributed by atoms with E-state index in [0.29, 0.717) is 6.54 Å². The molecule has 5 heteroatoms. The molecule has 3 N–H and O–H groups in total. The smallest absolute Gasteiger partial charge is 0.220 e. The fourth-order valence-electron chi connectivity index (χ4n) is 1.37. The molecule has 4 nitrogen and oxygen atoms in total. The number of halogens is 1. The van der Waals surface area contributed by atoms with Gasteiger partial charge < -0.3 is 15.8 Å². The van der Waals surface area contributed by atoms with Crippen molar-refractivity contribution in [3.8, 4) is 5.75 Å². The van der Waals surface area contributed by atoms with Gasteiger partial charge in [0.15, 0.2) is 11.6 Å². The Labute approximate surface area is 100.0 Å². The van der Waals surface area contributed by atoms with Crippen molar-refractivity contribution in [2.24, 2.45) is 5.73 Å². The first-order valence-corrected chi connectivity index (χ1v) is 5.54. The minimum absolute atomic E-state index is 0.0784. The van der Waals surface area contributed by atoms with Crippen molar-refractivity contribution in [3.05, 3.63) is 29.6 Å². The van der Waals surface area contributed by atoms with Gasteiger partial charge in [-0.05, 0) is 12.6 Å². The highest BCUT2D eigenvalue weighted by atomic mass is 19.1. The fourth-order valence-corrected chi connectivity index (χ4v) is 1.37. The molecule has 0 aromatic heterocycles. The molecular formula is C12H17FN2O2. The van der Waals surface area contributed by atoms with Crippen LogP contribution in [0.25, 0.3) is 0 Å². The highest BCUT2D eigenvalue weighted by molar-refractivity contribution is 5.73. The average molecular weight is 240 g/mol. The summed E-state index contributed by atoms with van der Waals surface area (Å²) in [6.07, 6.45) is 0.0784. The van der Waals surface area contributed by atoms with E-state index in [-0.39, 0.29) is 18.8 Å². The first-order chi connectivity index (χ1) is 8.15. The Kier molecular flexibility index (Phi) is 5.42. The number of amides is 1. The number of rotatable bonds is 7.